The topological polar surface area (TPSA) is 29.5 Å². The summed E-state index contributed by atoms with van der Waals surface area (Å²) in [6.07, 6.45) is 1.26. The zero-order chi connectivity index (χ0) is 13.5. The van der Waals surface area contributed by atoms with Crippen molar-refractivity contribution in [2.24, 2.45) is 0 Å². The van der Waals surface area contributed by atoms with E-state index in [4.69, 9.17) is 4.74 Å². The predicted octanol–water partition coefficient (Wildman–Crippen LogP) is 3.75. The molecule has 1 N–H and O–H groups in total. The number of hydrogen-bond acceptors (Lipinski definition) is 2. The van der Waals surface area contributed by atoms with Gasteiger partial charge in [-0.2, -0.15) is 0 Å². The number of rotatable bonds is 6. The summed E-state index contributed by atoms with van der Waals surface area (Å²) in [4.78, 5) is 0. The maximum atomic E-state index is 9.70. The SMILES string of the molecule is CC[C@H](O)c1ccc(OCCc2ccccc2)cc1. The van der Waals surface area contributed by atoms with Gasteiger partial charge in [-0.1, -0.05) is 49.4 Å². The van der Waals surface area contributed by atoms with E-state index in [0.717, 1.165) is 24.2 Å². The second kappa shape index (κ2) is 6.95. The Hall–Kier alpha value is -1.80. The van der Waals surface area contributed by atoms with Crippen molar-refractivity contribution in [1.29, 1.82) is 0 Å². The number of benzene rings is 2. The Balaban J connectivity index is 1.83. The summed E-state index contributed by atoms with van der Waals surface area (Å²) < 4.78 is 5.70. The first-order chi connectivity index (χ1) is 9.29. The third-order valence-corrected chi connectivity index (χ3v) is 3.15. The van der Waals surface area contributed by atoms with Gasteiger partial charge >= 0.3 is 0 Å². The van der Waals surface area contributed by atoms with Crippen LogP contribution in [0.4, 0.5) is 0 Å². The van der Waals surface area contributed by atoms with E-state index in [1.165, 1.54) is 5.56 Å². The summed E-state index contributed by atoms with van der Waals surface area (Å²) in [6, 6.07) is 18.0. The van der Waals surface area contributed by atoms with Crippen molar-refractivity contribution >= 4 is 0 Å². The first-order valence-electron chi connectivity index (χ1n) is 6.74. The highest BCUT2D eigenvalue weighted by molar-refractivity contribution is 5.28. The van der Waals surface area contributed by atoms with Gasteiger partial charge in [-0.15, -0.1) is 0 Å². The molecule has 2 aromatic rings. The smallest absolute Gasteiger partial charge is 0.119 e. The summed E-state index contributed by atoms with van der Waals surface area (Å²) in [5.41, 5.74) is 2.22. The van der Waals surface area contributed by atoms with Crippen LogP contribution in [0.3, 0.4) is 0 Å². The Kier molecular flexibility index (Phi) is 4.99. The molecule has 1 atom stereocenters. The average Bonchev–Trinajstić information content (AvgIpc) is 2.48. The first-order valence-corrected chi connectivity index (χ1v) is 6.74. The Morgan fingerprint density at radius 2 is 1.68 bits per heavy atom. The van der Waals surface area contributed by atoms with Gasteiger partial charge in [0.05, 0.1) is 12.7 Å². The molecule has 2 nitrogen and oxygen atoms in total. The molecule has 0 fully saturated rings. The molecule has 100 valence electrons. The van der Waals surface area contributed by atoms with Crippen LogP contribution >= 0.6 is 0 Å². The largest absolute Gasteiger partial charge is 0.493 e. The van der Waals surface area contributed by atoms with Crippen LogP contribution < -0.4 is 4.74 Å². The Bertz CT molecular complexity index is 476. The van der Waals surface area contributed by atoms with Crippen LogP contribution in [0.2, 0.25) is 0 Å². The molecule has 0 amide bonds. The van der Waals surface area contributed by atoms with Crippen LogP contribution in [-0.4, -0.2) is 11.7 Å². The van der Waals surface area contributed by atoms with Gasteiger partial charge in [0.15, 0.2) is 0 Å². The van der Waals surface area contributed by atoms with E-state index in [-0.39, 0.29) is 6.10 Å². The van der Waals surface area contributed by atoms with Crippen molar-refractivity contribution in [3.8, 4) is 5.75 Å². The lowest BCUT2D eigenvalue weighted by Crippen LogP contribution is -2.01. The molecule has 0 aliphatic heterocycles. The van der Waals surface area contributed by atoms with E-state index in [0.29, 0.717) is 6.61 Å². The van der Waals surface area contributed by atoms with Gasteiger partial charge in [-0.25, -0.2) is 0 Å². The van der Waals surface area contributed by atoms with E-state index in [2.05, 4.69) is 12.1 Å². The lowest BCUT2D eigenvalue weighted by molar-refractivity contribution is 0.173. The average molecular weight is 256 g/mol. The summed E-state index contributed by atoms with van der Waals surface area (Å²) in [6.45, 7) is 2.63. The third kappa shape index (κ3) is 4.11. The van der Waals surface area contributed by atoms with Crippen LogP contribution in [-0.2, 0) is 6.42 Å². The van der Waals surface area contributed by atoms with Gasteiger partial charge in [-0.05, 0) is 29.7 Å². The summed E-state index contributed by atoms with van der Waals surface area (Å²) in [5, 5.41) is 9.70. The molecular formula is C17H20O2. The van der Waals surface area contributed by atoms with E-state index >= 15 is 0 Å². The Morgan fingerprint density at radius 1 is 1.00 bits per heavy atom. The minimum Gasteiger partial charge on any atom is -0.493 e. The molecule has 0 radical (unpaired) electrons. The maximum Gasteiger partial charge on any atom is 0.119 e. The van der Waals surface area contributed by atoms with Crippen molar-refractivity contribution in [3.05, 3.63) is 65.7 Å². The van der Waals surface area contributed by atoms with Crippen molar-refractivity contribution in [1.82, 2.24) is 0 Å². The van der Waals surface area contributed by atoms with Gasteiger partial charge in [0, 0.05) is 6.42 Å². The van der Waals surface area contributed by atoms with Gasteiger partial charge in [0.25, 0.3) is 0 Å². The first kappa shape index (κ1) is 13.6. The standard InChI is InChI=1S/C17H20O2/c1-2-17(18)15-8-10-16(11-9-15)19-13-12-14-6-4-3-5-7-14/h3-11,17-18H,2,12-13H2,1H3/t17-/m0/s1. The Morgan fingerprint density at radius 3 is 2.32 bits per heavy atom. The molecule has 0 saturated carbocycles. The van der Waals surface area contributed by atoms with Crippen molar-refractivity contribution in [2.45, 2.75) is 25.9 Å². The third-order valence-electron chi connectivity index (χ3n) is 3.15. The maximum absolute atomic E-state index is 9.70. The molecule has 0 spiro atoms. The molecular weight excluding hydrogens is 236 g/mol. The highest BCUT2D eigenvalue weighted by Gasteiger charge is 2.04. The molecule has 2 rings (SSSR count). The molecule has 2 aromatic carbocycles. The second-order valence-corrected chi connectivity index (χ2v) is 4.58. The molecule has 0 unspecified atom stereocenters. The quantitative estimate of drug-likeness (QED) is 0.853. The zero-order valence-corrected chi connectivity index (χ0v) is 11.3. The van der Waals surface area contributed by atoms with E-state index in [9.17, 15) is 5.11 Å². The van der Waals surface area contributed by atoms with Crippen molar-refractivity contribution in [2.75, 3.05) is 6.61 Å². The van der Waals surface area contributed by atoms with Gasteiger partial charge in [0.2, 0.25) is 0 Å². The van der Waals surface area contributed by atoms with Crippen molar-refractivity contribution < 1.29 is 9.84 Å². The van der Waals surface area contributed by atoms with Crippen LogP contribution in [0, 0.1) is 0 Å². The zero-order valence-electron chi connectivity index (χ0n) is 11.3. The van der Waals surface area contributed by atoms with Crippen LogP contribution in [0.15, 0.2) is 54.6 Å². The fourth-order valence-corrected chi connectivity index (χ4v) is 1.95. The minimum absolute atomic E-state index is 0.377. The highest BCUT2D eigenvalue weighted by atomic mass is 16.5. The van der Waals surface area contributed by atoms with Crippen LogP contribution in [0.25, 0.3) is 0 Å². The normalized spacial score (nSPS) is 12.1. The van der Waals surface area contributed by atoms with Gasteiger partial charge in [-0.3, -0.25) is 0 Å². The molecule has 19 heavy (non-hydrogen) atoms. The van der Waals surface area contributed by atoms with Gasteiger partial charge < -0.3 is 9.84 Å². The fraction of sp³-hybridized carbons (Fsp3) is 0.294. The summed E-state index contributed by atoms with van der Waals surface area (Å²) in [7, 11) is 0. The number of hydrogen-bond donors (Lipinski definition) is 1. The fourth-order valence-electron chi connectivity index (χ4n) is 1.95. The van der Waals surface area contributed by atoms with E-state index in [1.807, 2.05) is 49.4 Å². The lowest BCUT2D eigenvalue weighted by Gasteiger charge is -2.10. The second-order valence-electron chi connectivity index (χ2n) is 4.58. The number of ether oxygens (including phenoxy) is 1. The van der Waals surface area contributed by atoms with E-state index in [1.54, 1.807) is 0 Å². The monoisotopic (exact) mass is 256 g/mol. The lowest BCUT2D eigenvalue weighted by atomic mass is 10.1. The highest BCUT2D eigenvalue weighted by Crippen LogP contribution is 2.19. The number of aliphatic hydroxyl groups excluding tert-OH is 1. The molecule has 0 saturated heterocycles. The predicted molar refractivity (Wildman–Crippen MR) is 77.3 cm³/mol. The Labute approximate surface area is 114 Å². The van der Waals surface area contributed by atoms with Crippen molar-refractivity contribution in [3.63, 3.8) is 0 Å². The molecule has 2 heteroatoms. The summed E-state index contributed by atoms with van der Waals surface area (Å²) >= 11 is 0. The van der Waals surface area contributed by atoms with Gasteiger partial charge in [0.1, 0.15) is 5.75 Å². The summed E-state index contributed by atoms with van der Waals surface area (Å²) in [5.74, 6) is 0.850. The molecule has 0 bridgehead atoms. The molecule has 0 aliphatic rings. The molecule has 0 heterocycles. The molecule has 0 aromatic heterocycles. The van der Waals surface area contributed by atoms with E-state index < -0.39 is 0 Å². The number of aliphatic hydroxyl groups is 1. The van der Waals surface area contributed by atoms with Crippen LogP contribution in [0.1, 0.15) is 30.6 Å². The molecule has 0 aliphatic carbocycles. The van der Waals surface area contributed by atoms with Crippen LogP contribution in [0.5, 0.6) is 5.75 Å². The minimum atomic E-state index is -0.377.